The van der Waals surface area contributed by atoms with Crippen LogP contribution in [0.4, 0.5) is 10.1 Å². The van der Waals surface area contributed by atoms with Crippen LogP contribution in [0.1, 0.15) is 72.8 Å². The van der Waals surface area contributed by atoms with E-state index in [2.05, 4.69) is 26.0 Å². The van der Waals surface area contributed by atoms with E-state index >= 15 is 4.39 Å². The molecule has 1 saturated heterocycles. The molecule has 0 spiro atoms. The zero-order valence-electron chi connectivity index (χ0n) is 25.7. The van der Waals surface area contributed by atoms with Gasteiger partial charge in [0.15, 0.2) is 0 Å². The molecule has 1 aliphatic carbocycles. The Labute approximate surface area is 256 Å². The van der Waals surface area contributed by atoms with Gasteiger partial charge in [-0.15, -0.1) is 0 Å². The number of hydrogen-bond acceptors (Lipinski definition) is 8. The van der Waals surface area contributed by atoms with Crippen LogP contribution in [0.3, 0.4) is 0 Å². The molecule has 0 radical (unpaired) electrons. The second kappa shape index (κ2) is 15.2. The van der Waals surface area contributed by atoms with Crippen LogP contribution in [0.25, 0.3) is 0 Å². The maximum Gasteiger partial charge on any atom is 0.257 e. The molecule has 2 atom stereocenters. The zero-order chi connectivity index (χ0) is 31.8. The number of benzene rings is 1. The van der Waals surface area contributed by atoms with Crippen LogP contribution in [0.2, 0.25) is 0 Å². The highest BCUT2D eigenvalue weighted by Crippen LogP contribution is 2.28. The van der Waals surface area contributed by atoms with Gasteiger partial charge in [-0.1, -0.05) is 37.4 Å². The van der Waals surface area contributed by atoms with E-state index in [1.165, 1.54) is 12.1 Å². The third-order valence-electron chi connectivity index (χ3n) is 8.50. The van der Waals surface area contributed by atoms with Crippen LogP contribution in [-0.4, -0.2) is 89.0 Å². The monoisotopic (exact) mass is 614 g/mol. The minimum atomic E-state index is -0.947. The van der Waals surface area contributed by atoms with Gasteiger partial charge in [-0.25, -0.2) is 4.39 Å². The topological polar surface area (TPSA) is 157 Å². The fraction of sp³-hybridized carbons (Fsp3) is 0.581. The number of aliphatic hydroxyl groups excluding tert-OH is 1. The van der Waals surface area contributed by atoms with Gasteiger partial charge in [0, 0.05) is 39.0 Å². The summed E-state index contributed by atoms with van der Waals surface area (Å²) in [7, 11) is 1.98. The van der Waals surface area contributed by atoms with Gasteiger partial charge in [-0.2, -0.15) is 0 Å². The highest BCUT2D eigenvalue weighted by atomic mass is 19.1. The van der Waals surface area contributed by atoms with Crippen molar-refractivity contribution in [1.82, 2.24) is 25.6 Å². The Morgan fingerprint density at radius 2 is 1.80 bits per heavy atom. The Morgan fingerprint density at radius 1 is 1.09 bits per heavy atom. The van der Waals surface area contributed by atoms with Crippen LogP contribution < -0.4 is 16.0 Å². The third kappa shape index (κ3) is 8.20. The standard InChI is InChI=1S/C31H43FN6O6/c1-4-26(40)33-24(31(43)38-14-12-37(3)13-15-38)17-20-10-11-23(22(32)16-20)34-30(42)28(21-8-6-5-7-9-21)35-29(41)27-19(2)44-36-25(27)18-39/h10-11,16,21,24,28,39H,4-9,12-15,17-18H2,1-3H3,(H,33,40)(H,34,42)(H,35,41)/t24-,28+/m1/s1. The summed E-state index contributed by atoms with van der Waals surface area (Å²) in [5.74, 6) is -2.28. The lowest BCUT2D eigenvalue weighted by Crippen LogP contribution is -2.54. The molecule has 1 aromatic heterocycles. The number of amides is 4. The van der Waals surface area contributed by atoms with Gasteiger partial charge < -0.3 is 35.4 Å². The predicted molar refractivity (Wildman–Crippen MR) is 160 cm³/mol. The largest absolute Gasteiger partial charge is 0.390 e. The summed E-state index contributed by atoms with van der Waals surface area (Å²) in [5, 5.41) is 21.5. The van der Waals surface area contributed by atoms with Crippen molar-refractivity contribution in [2.45, 2.75) is 77.5 Å². The molecule has 4 rings (SSSR count). The summed E-state index contributed by atoms with van der Waals surface area (Å²) in [4.78, 5) is 56.1. The molecule has 1 saturated carbocycles. The molecule has 1 aliphatic heterocycles. The van der Waals surface area contributed by atoms with Crippen LogP contribution in [-0.2, 0) is 27.4 Å². The lowest BCUT2D eigenvalue weighted by molar-refractivity contribution is -0.137. The molecule has 44 heavy (non-hydrogen) atoms. The van der Waals surface area contributed by atoms with Crippen molar-refractivity contribution in [2.24, 2.45) is 5.92 Å². The molecule has 4 amide bonds. The van der Waals surface area contributed by atoms with E-state index in [4.69, 9.17) is 4.52 Å². The molecule has 2 fully saturated rings. The Kier molecular flexibility index (Phi) is 11.5. The van der Waals surface area contributed by atoms with Gasteiger partial charge in [0.25, 0.3) is 5.91 Å². The van der Waals surface area contributed by atoms with E-state index in [0.29, 0.717) is 18.7 Å². The van der Waals surface area contributed by atoms with E-state index < -0.39 is 36.3 Å². The smallest absolute Gasteiger partial charge is 0.257 e. The van der Waals surface area contributed by atoms with E-state index in [9.17, 15) is 24.3 Å². The van der Waals surface area contributed by atoms with Gasteiger partial charge >= 0.3 is 0 Å². The van der Waals surface area contributed by atoms with E-state index in [0.717, 1.165) is 45.2 Å². The molecule has 2 aliphatic rings. The van der Waals surface area contributed by atoms with Crippen LogP contribution in [0.15, 0.2) is 22.7 Å². The number of halogens is 1. The Balaban J connectivity index is 1.48. The average molecular weight is 615 g/mol. The molecule has 4 N–H and O–H groups in total. The van der Waals surface area contributed by atoms with Crippen molar-refractivity contribution in [3.8, 4) is 0 Å². The molecule has 1 aromatic carbocycles. The summed E-state index contributed by atoms with van der Waals surface area (Å²) in [6, 6.07) is 2.50. The second-order valence-corrected chi connectivity index (χ2v) is 11.7. The number of aromatic nitrogens is 1. The Morgan fingerprint density at radius 3 is 2.43 bits per heavy atom. The predicted octanol–water partition coefficient (Wildman–Crippen LogP) is 2.14. The fourth-order valence-electron chi connectivity index (χ4n) is 5.87. The first-order valence-electron chi connectivity index (χ1n) is 15.3. The molecular weight excluding hydrogens is 571 g/mol. The first kappa shape index (κ1) is 33.1. The fourth-order valence-corrected chi connectivity index (χ4v) is 5.87. The van der Waals surface area contributed by atoms with Crippen molar-refractivity contribution >= 4 is 29.3 Å². The van der Waals surface area contributed by atoms with Gasteiger partial charge in [0.05, 0.1) is 12.3 Å². The molecule has 0 bridgehead atoms. The maximum atomic E-state index is 15.4. The van der Waals surface area contributed by atoms with Crippen LogP contribution in [0, 0.1) is 18.7 Å². The van der Waals surface area contributed by atoms with Crippen molar-refractivity contribution in [3.63, 3.8) is 0 Å². The van der Waals surface area contributed by atoms with Crippen molar-refractivity contribution in [2.75, 3.05) is 38.5 Å². The summed E-state index contributed by atoms with van der Waals surface area (Å²) in [6.45, 7) is 5.30. The first-order valence-corrected chi connectivity index (χ1v) is 15.3. The lowest BCUT2D eigenvalue weighted by atomic mass is 9.83. The summed E-state index contributed by atoms with van der Waals surface area (Å²) in [5.41, 5.74) is 0.572. The van der Waals surface area contributed by atoms with Crippen molar-refractivity contribution < 1.29 is 33.2 Å². The summed E-state index contributed by atoms with van der Waals surface area (Å²) >= 11 is 0. The highest BCUT2D eigenvalue weighted by Gasteiger charge is 2.34. The summed E-state index contributed by atoms with van der Waals surface area (Å²) < 4.78 is 20.4. The highest BCUT2D eigenvalue weighted by molar-refractivity contribution is 6.02. The van der Waals surface area contributed by atoms with Gasteiger partial charge in [-0.3, -0.25) is 19.2 Å². The number of nitrogens with one attached hydrogen (secondary N) is 3. The van der Waals surface area contributed by atoms with Gasteiger partial charge in [-0.05, 0) is 50.4 Å². The molecule has 12 nitrogen and oxygen atoms in total. The maximum absolute atomic E-state index is 15.4. The molecule has 13 heteroatoms. The van der Waals surface area contributed by atoms with E-state index in [1.54, 1.807) is 24.8 Å². The number of aliphatic hydroxyl groups is 1. The number of piperazine rings is 1. The third-order valence-corrected chi connectivity index (χ3v) is 8.50. The van der Waals surface area contributed by atoms with Crippen molar-refractivity contribution in [3.05, 3.63) is 46.6 Å². The van der Waals surface area contributed by atoms with E-state index in [-0.39, 0.29) is 53.3 Å². The minimum absolute atomic E-state index is 0.0643. The minimum Gasteiger partial charge on any atom is -0.390 e. The zero-order valence-corrected chi connectivity index (χ0v) is 25.7. The molecular formula is C31H43FN6O6. The number of nitrogens with zero attached hydrogens (tertiary/aromatic N) is 3. The molecule has 240 valence electrons. The van der Waals surface area contributed by atoms with E-state index in [1.807, 2.05) is 7.05 Å². The number of likely N-dealkylation sites (N-methyl/N-ethyl adjacent to an activating group) is 1. The lowest BCUT2D eigenvalue weighted by Gasteiger charge is -2.34. The number of carbonyl (C=O) groups excluding carboxylic acids is 4. The first-order chi connectivity index (χ1) is 21.1. The number of rotatable bonds is 11. The normalized spacial score (nSPS) is 17.5. The number of carbonyl (C=O) groups is 4. The SMILES string of the molecule is CCC(=O)N[C@H](Cc1ccc(NC(=O)[C@@H](NC(=O)c2c(CO)noc2C)C2CCCCC2)c(F)c1)C(=O)N1CCN(C)CC1. The van der Waals surface area contributed by atoms with Gasteiger partial charge in [0.1, 0.15) is 34.9 Å². The Bertz CT molecular complexity index is 1330. The quantitative estimate of drug-likeness (QED) is 0.300. The average Bonchev–Trinajstić information content (AvgIpc) is 3.41. The van der Waals surface area contributed by atoms with Crippen molar-refractivity contribution in [1.29, 1.82) is 0 Å². The van der Waals surface area contributed by atoms with Crippen LogP contribution >= 0.6 is 0 Å². The van der Waals surface area contributed by atoms with Crippen LogP contribution in [0.5, 0.6) is 0 Å². The summed E-state index contributed by atoms with van der Waals surface area (Å²) in [6.07, 6.45) is 4.60. The number of hydrogen-bond donors (Lipinski definition) is 4. The van der Waals surface area contributed by atoms with Gasteiger partial charge in [0.2, 0.25) is 17.7 Å². The Hall–Kier alpha value is -3.84. The number of aryl methyl sites for hydroxylation is 1. The molecule has 2 heterocycles. The number of anilines is 1. The molecule has 0 unspecified atom stereocenters. The molecule has 2 aromatic rings. The second-order valence-electron chi connectivity index (χ2n) is 11.7.